The van der Waals surface area contributed by atoms with Crippen molar-refractivity contribution in [3.63, 3.8) is 0 Å². The van der Waals surface area contributed by atoms with Gasteiger partial charge in [-0.2, -0.15) is 0 Å². The number of benzene rings is 1. The molecule has 8 heteroatoms. The summed E-state index contributed by atoms with van der Waals surface area (Å²) < 4.78 is 12.4. The number of esters is 1. The Labute approximate surface area is 193 Å². The fourth-order valence-electron chi connectivity index (χ4n) is 4.09. The summed E-state index contributed by atoms with van der Waals surface area (Å²) >= 11 is 5.72. The van der Waals surface area contributed by atoms with Crippen LogP contribution in [0, 0.1) is 0 Å². The molecule has 3 aromatic rings. The van der Waals surface area contributed by atoms with Gasteiger partial charge in [0.05, 0.1) is 32.0 Å². The Bertz CT molecular complexity index is 1090. The quantitative estimate of drug-likeness (QED) is 0.413. The summed E-state index contributed by atoms with van der Waals surface area (Å²) in [6.07, 6.45) is 4.80. The molecular weight excluding hydrogens is 424 g/mol. The Hall–Kier alpha value is -3.39. The fraction of sp³-hybridized carbons (Fsp3) is 0.292. The van der Waals surface area contributed by atoms with Crippen molar-refractivity contribution < 1.29 is 14.3 Å². The van der Waals surface area contributed by atoms with E-state index < -0.39 is 0 Å². The summed E-state index contributed by atoms with van der Waals surface area (Å²) in [7, 11) is 3.07. The first kappa shape index (κ1) is 21.8. The van der Waals surface area contributed by atoms with Gasteiger partial charge < -0.3 is 24.3 Å². The van der Waals surface area contributed by atoms with E-state index in [1.54, 1.807) is 13.3 Å². The molecule has 1 aliphatic rings. The first-order valence-corrected chi connectivity index (χ1v) is 10.9. The predicted octanol–water partition coefficient (Wildman–Crippen LogP) is 3.81. The second-order valence-electron chi connectivity index (χ2n) is 7.50. The zero-order chi connectivity index (χ0) is 22.5. The van der Waals surface area contributed by atoms with Crippen LogP contribution in [-0.2, 0) is 9.53 Å². The van der Waals surface area contributed by atoms with Crippen LogP contribution in [0.15, 0.2) is 67.0 Å². The van der Waals surface area contributed by atoms with Gasteiger partial charge in [-0.05, 0) is 55.0 Å². The SMILES string of the molecule is COC(=O)CCCN1C(=S)N[C@@H](c2ccccn2)[C@H]1c1cccn1-c1cccc(OC)c1. The largest absolute Gasteiger partial charge is 0.497 e. The lowest BCUT2D eigenvalue weighted by molar-refractivity contribution is -0.140. The number of rotatable bonds is 8. The average Bonchev–Trinajstić information content (AvgIpc) is 3.44. The van der Waals surface area contributed by atoms with Gasteiger partial charge in [0.2, 0.25) is 0 Å². The molecule has 1 saturated heterocycles. The van der Waals surface area contributed by atoms with Crippen molar-refractivity contribution in [2.75, 3.05) is 20.8 Å². The van der Waals surface area contributed by atoms with Gasteiger partial charge in [-0.3, -0.25) is 9.78 Å². The van der Waals surface area contributed by atoms with Crippen molar-refractivity contribution in [3.8, 4) is 11.4 Å². The average molecular weight is 451 g/mol. The third-order valence-corrected chi connectivity index (χ3v) is 5.97. The topological polar surface area (TPSA) is 68.6 Å². The van der Waals surface area contributed by atoms with Crippen molar-refractivity contribution in [2.45, 2.75) is 24.9 Å². The van der Waals surface area contributed by atoms with E-state index in [2.05, 4.69) is 25.8 Å². The van der Waals surface area contributed by atoms with Crippen molar-refractivity contribution in [1.82, 2.24) is 19.8 Å². The number of aromatic nitrogens is 2. The molecule has 2 aromatic heterocycles. The maximum atomic E-state index is 11.6. The standard InChI is InChI=1S/C24H26N4O3S/c1-30-18-9-5-8-17(16-18)27-14-6-11-20(27)23-22(19-10-3-4-13-25-19)26-24(32)28(23)15-7-12-21(29)31-2/h3-6,8-11,13-14,16,22-23H,7,12,15H2,1-2H3,(H,26,32)/t22-,23+/m0/s1. The maximum absolute atomic E-state index is 11.6. The number of ether oxygens (including phenoxy) is 2. The van der Waals surface area contributed by atoms with Crippen LogP contribution in [0.2, 0.25) is 0 Å². The highest BCUT2D eigenvalue weighted by molar-refractivity contribution is 7.80. The lowest BCUT2D eigenvalue weighted by Gasteiger charge is -2.29. The summed E-state index contributed by atoms with van der Waals surface area (Å²) in [5.74, 6) is 0.569. The van der Waals surface area contributed by atoms with E-state index in [1.165, 1.54) is 7.11 Å². The second kappa shape index (κ2) is 9.82. The fourth-order valence-corrected chi connectivity index (χ4v) is 4.43. The van der Waals surface area contributed by atoms with Crippen molar-refractivity contribution in [1.29, 1.82) is 0 Å². The van der Waals surface area contributed by atoms with Crippen LogP contribution >= 0.6 is 12.2 Å². The lowest BCUT2D eigenvalue weighted by Crippen LogP contribution is -2.31. The van der Waals surface area contributed by atoms with E-state index in [0.29, 0.717) is 24.5 Å². The number of nitrogens with one attached hydrogen (secondary N) is 1. The summed E-state index contributed by atoms with van der Waals surface area (Å²) in [6.45, 7) is 0.623. The Kier molecular flexibility index (Phi) is 6.70. The first-order chi connectivity index (χ1) is 15.6. The van der Waals surface area contributed by atoms with Crippen molar-refractivity contribution in [2.24, 2.45) is 0 Å². The van der Waals surface area contributed by atoms with Crippen molar-refractivity contribution >= 4 is 23.3 Å². The molecule has 1 aliphatic heterocycles. The molecule has 7 nitrogen and oxygen atoms in total. The summed E-state index contributed by atoms with van der Waals surface area (Å²) in [6, 6.07) is 17.7. The molecule has 32 heavy (non-hydrogen) atoms. The molecule has 0 saturated carbocycles. The van der Waals surface area contributed by atoms with E-state index in [-0.39, 0.29) is 18.1 Å². The van der Waals surface area contributed by atoms with Crippen LogP contribution in [0.4, 0.5) is 0 Å². The number of methoxy groups -OCH3 is 2. The van der Waals surface area contributed by atoms with Crippen LogP contribution in [-0.4, -0.2) is 46.3 Å². The number of carbonyl (C=O) groups is 1. The number of thiocarbonyl (C=S) groups is 1. The molecule has 1 fully saturated rings. The highest BCUT2D eigenvalue weighted by Gasteiger charge is 2.41. The minimum Gasteiger partial charge on any atom is -0.497 e. The van der Waals surface area contributed by atoms with E-state index in [0.717, 1.165) is 22.8 Å². The Morgan fingerprint density at radius 3 is 2.78 bits per heavy atom. The lowest BCUT2D eigenvalue weighted by atomic mass is 10.0. The number of carbonyl (C=O) groups excluding carboxylic acids is 1. The van der Waals surface area contributed by atoms with Gasteiger partial charge in [0.1, 0.15) is 5.75 Å². The van der Waals surface area contributed by atoms with Gasteiger partial charge in [0.25, 0.3) is 0 Å². The highest BCUT2D eigenvalue weighted by atomic mass is 32.1. The Morgan fingerprint density at radius 1 is 1.16 bits per heavy atom. The predicted molar refractivity (Wildman–Crippen MR) is 126 cm³/mol. The maximum Gasteiger partial charge on any atom is 0.305 e. The minimum absolute atomic E-state index is 0.101. The molecule has 0 radical (unpaired) electrons. The van der Waals surface area contributed by atoms with Crippen LogP contribution in [0.25, 0.3) is 5.69 Å². The van der Waals surface area contributed by atoms with Gasteiger partial charge in [-0.15, -0.1) is 0 Å². The third-order valence-electron chi connectivity index (χ3n) is 5.62. The molecule has 3 heterocycles. The molecule has 1 N–H and O–H groups in total. The van der Waals surface area contributed by atoms with Gasteiger partial charge in [-0.1, -0.05) is 12.1 Å². The van der Waals surface area contributed by atoms with Gasteiger partial charge in [-0.25, -0.2) is 0 Å². The van der Waals surface area contributed by atoms with E-state index in [9.17, 15) is 4.79 Å². The summed E-state index contributed by atoms with van der Waals surface area (Å²) in [5, 5.41) is 4.10. The number of pyridine rings is 1. The zero-order valence-corrected chi connectivity index (χ0v) is 18.9. The third kappa shape index (κ3) is 4.45. The number of hydrogen-bond donors (Lipinski definition) is 1. The van der Waals surface area contributed by atoms with E-state index >= 15 is 0 Å². The normalized spacial score (nSPS) is 17.8. The van der Waals surface area contributed by atoms with Crippen LogP contribution in [0.5, 0.6) is 5.75 Å². The monoisotopic (exact) mass is 450 g/mol. The highest BCUT2D eigenvalue weighted by Crippen LogP contribution is 2.39. The van der Waals surface area contributed by atoms with Crippen LogP contribution in [0.1, 0.15) is 36.3 Å². The Morgan fingerprint density at radius 2 is 2.03 bits per heavy atom. The molecule has 0 spiro atoms. The number of hydrogen-bond acceptors (Lipinski definition) is 5. The van der Waals surface area contributed by atoms with Crippen molar-refractivity contribution in [3.05, 3.63) is 78.4 Å². The molecular formula is C24H26N4O3S. The van der Waals surface area contributed by atoms with Gasteiger partial charge in [0.15, 0.2) is 5.11 Å². The molecule has 2 atom stereocenters. The summed E-state index contributed by atoms with van der Waals surface area (Å²) in [4.78, 5) is 18.4. The molecule has 1 aromatic carbocycles. The zero-order valence-electron chi connectivity index (χ0n) is 18.1. The van der Waals surface area contributed by atoms with Crippen LogP contribution < -0.4 is 10.1 Å². The number of nitrogens with zero attached hydrogens (tertiary/aromatic N) is 3. The molecule has 0 amide bonds. The summed E-state index contributed by atoms with van der Waals surface area (Å²) in [5.41, 5.74) is 2.98. The molecule has 0 bridgehead atoms. The second-order valence-corrected chi connectivity index (χ2v) is 7.89. The van der Waals surface area contributed by atoms with E-state index in [4.69, 9.17) is 21.7 Å². The van der Waals surface area contributed by atoms with Gasteiger partial charge in [0, 0.05) is 42.8 Å². The van der Waals surface area contributed by atoms with Crippen LogP contribution in [0.3, 0.4) is 0 Å². The molecule has 0 unspecified atom stereocenters. The molecule has 0 aliphatic carbocycles. The smallest absolute Gasteiger partial charge is 0.305 e. The Balaban J connectivity index is 1.72. The first-order valence-electron chi connectivity index (χ1n) is 10.5. The van der Waals surface area contributed by atoms with Gasteiger partial charge >= 0.3 is 5.97 Å². The minimum atomic E-state index is -0.222. The molecule has 166 valence electrons. The van der Waals surface area contributed by atoms with E-state index in [1.807, 2.05) is 54.7 Å². The molecule has 4 rings (SSSR count).